The molecule has 1 aliphatic carbocycles. The van der Waals surface area contributed by atoms with Crippen LogP contribution in [0.3, 0.4) is 0 Å². The predicted octanol–water partition coefficient (Wildman–Crippen LogP) is 2.61. The van der Waals surface area contributed by atoms with Gasteiger partial charge < -0.3 is 10.2 Å². The van der Waals surface area contributed by atoms with Gasteiger partial charge in [0.25, 0.3) is 0 Å². The first kappa shape index (κ1) is 10.5. The fourth-order valence-electron chi connectivity index (χ4n) is 2.59. The molecule has 17 heavy (non-hydrogen) atoms. The normalized spacial score (nSPS) is 26.2. The molecule has 0 heterocycles. The second-order valence-corrected chi connectivity index (χ2v) is 4.68. The van der Waals surface area contributed by atoms with Crippen LogP contribution in [0.2, 0.25) is 0 Å². The second kappa shape index (κ2) is 3.42. The van der Waals surface area contributed by atoms with Gasteiger partial charge in [0.05, 0.1) is 0 Å². The van der Waals surface area contributed by atoms with Crippen LogP contribution in [-0.4, -0.2) is 10.2 Å². The Labute approximate surface area is 100 Å². The zero-order chi connectivity index (χ0) is 12.0. The molecule has 2 N–H and O–H groups in total. The Morgan fingerprint density at radius 1 is 0.941 bits per heavy atom. The van der Waals surface area contributed by atoms with E-state index in [1.165, 1.54) is 0 Å². The van der Waals surface area contributed by atoms with Crippen LogP contribution in [0.15, 0.2) is 48.5 Å². The zero-order valence-electron chi connectivity index (χ0n) is 9.59. The van der Waals surface area contributed by atoms with Gasteiger partial charge in [0, 0.05) is 0 Å². The first-order valence-electron chi connectivity index (χ1n) is 5.71. The highest BCUT2D eigenvalue weighted by Gasteiger charge is 2.40. The first-order valence-corrected chi connectivity index (χ1v) is 5.71. The van der Waals surface area contributed by atoms with E-state index in [0.717, 1.165) is 22.3 Å². The van der Waals surface area contributed by atoms with Crippen molar-refractivity contribution in [3.8, 4) is 11.1 Å². The lowest BCUT2D eigenvalue weighted by molar-refractivity contribution is -0.0703. The van der Waals surface area contributed by atoms with Gasteiger partial charge in [0.15, 0.2) is 0 Å². The van der Waals surface area contributed by atoms with Crippen LogP contribution in [0.25, 0.3) is 11.1 Å². The molecule has 2 unspecified atom stereocenters. The molecule has 86 valence electrons. The maximum atomic E-state index is 10.5. The number of aliphatic hydroxyl groups excluding tert-OH is 1. The minimum absolute atomic E-state index is 0.784. The Balaban J connectivity index is 2.37. The minimum atomic E-state index is -1.23. The van der Waals surface area contributed by atoms with Crippen LogP contribution in [0.1, 0.15) is 24.2 Å². The number of hydrogen-bond acceptors (Lipinski definition) is 2. The second-order valence-electron chi connectivity index (χ2n) is 4.68. The predicted molar refractivity (Wildman–Crippen MR) is 66.4 cm³/mol. The Morgan fingerprint density at radius 3 is 2.29 bits per heavy atom. The van der Waals surface area contributed by atoms with E-state index in [1.54, 1.807) is 6.92 Å². The third-order valence-corrected chi connectivity index (χ3v) is 3.55. The lowest BCUT2D eigenvalue weighted by Gasteiger charge is -2.37. The van der Waals surface area contributed by atoms with Crippen LogP contribution in [-0.2, 0) is 5.60 Å². The molecule has 2 aromatic carbocycles. The summed E-state index contributed by atoms with van der Waals surface area (Å²) in [5.74, 6) is 0. The van der Waals surface area contributed by atoms with E-state index in [4.69, 9.17) is 0 Å². The van der Waals surface area contributed by atoms with Crippen LogP contribution in [0.5, 0.6) is 0 Å². The molecule has 0 saturated heterocycles. The van der Waals surface area contributed by atoms with E-state index >= 15 is 0 Å². The highest BCUT2D eigenvalue weighted by Crippen LogP contribution is 2.47. The molecule has 1 aliphatic rings. The summed E-state index contributed by atoms with van der Waals surface area (Å²) in [7, 11) is 0. The molecule has 0 amide bonds. The lowest BCUT2D eigenvalue weighted by atomic mass is 9.75. The van der Waals surface area contributed by atoms with Crippen molar-refractivity contribution in [2.45, 2.75) is 18.6 Å². The lowest BCUT2D eigenvalue weighted by Crippen LogP contribution is -2.33. The van der Waals surface area contributed by atoms with Crippen LogP contribution < -0.4 is 0 Å². The average Bonchev–Trinajstić information content (AvgIpc) is 2.37. The summed E-state index contributed by atoms with van der Waals surface area (Å²) >= 11 is 0. The van der Waals surface area contributed by atoms with Crippen molar-refractivity contribution in [1.29, 1.82) is 0 Å². The molecule has 0 aromatic heterocycles. The Bertz CT molecular complexity index is 573. The summed E-state index contributed by atoms with van der Waals surface area (Å²) in [5.41, 5.74) is 2.34. The van der Waals surface area contributed by atoms with Gasteiger partial charge in [0.2, 0.25) is 0 Å². The molecule has 0 fully saturated rings. The van der Waals surface area contributed by atoms with E-state index in [0.29, 0.717) is 0 Å². The van der Waals surface area contributed by atoms with Crippen LogP contribution >= 0.6 is 0 Å². The third kappa shape index (κ3) is 1.35. The molecule has 2 heteroatoms. The largest absolute Gasteiger partial charge is 0.385 e. The topological polar surface area (TPSA) is 40.5 Å². The monoisotopic (exact) mass is 226 g/mol. The molecule has 0 saturated carbocycles. The van der Waals surface area contributed by atoms with Crippen molar-refractivity contribution in [3.05, 3.63) is 59.7 Å². The molecule has 2 nitrogen and oxygen atoms in total. The molecule has 0 radical (unpaired) electrons. The van der Waals surface area contributed by atoms with Gasteiger partial charge >= 0.3 is 0 Å². The number of hydrogen-bond donors (Lipinski definition) is 2. The van der Waals surface area contributed by atoms with E-state index < -0.39 is 11.7 Å². The molecule has 0 spiro atoms. The van der Waals surface area contributed by atoms with Crippen molar-refractivity contribution in [1.82, 2.24) is 0 Å². The Morgan fingerprint density at radius 2 is 1.53 bits per heavy atom. The Hall–Kier alpha value is -1.64. The van der Waals surface area contributed by atoms with E-state index in [1.807, 2.05) is 48.5 Å². The van der Waals surface area contributed by atoms with E-state index in [2.05, 4.69) is 0 Å². The average molecular weight is 226 g/mol. The summed E-state index contributed by atoms with van der Waals surface area (Å²) in [5, 5.41) is 20.8. The van der Waals surface area contributed by atoms with Crippen molar-refractivity contribution in [3.63, 3.8) is 0 Å². The standard InChI is InChI=1S/C15H14O2/c1-15(17)13-9-5-4-7-11(13)10-6-2-3-8-12(10)14(15)16/h2-9,14,16-17H,1H3. The highest BCUT2D eigenvalue weighted by atomic mass is 16.3. The number of benzene rings is 2. The summed E-state index contributed by atoms with van der Waals surface area (Å²) < 4.78 is 0. The van der Waals surface area contributed by atoms with Crippen molar-refractivity contribution in [2.75, 3.05) is 0 Å². The van der Waals surface area contributed by atoms with Gasteiger partial charge in [0.1, 0.15) is 11.7 Å². The first-order chi connectivity index (χ1) is 8.12. The number of rotatable bonds is 0. The molecule has 0 aliphatic heterocycles. The molecule has 3 rings (SSSR count). The Kier molecular flexibility index (Phi) is 2.12. The zero-order valence-corrected chi connectivity index (χ0v) is 9.59. The third-order valence-electron chi connectivity index (χ3n) is 3.55. The van der Waals surface area contributed by atoms with E-state index in [-0.39, 0.29) is 0 Å². The van der Waals surface area contributed by atoms with Gasteiger partial charge in [-0.3, -0.25) is 0 Å². The number of fused-ring (bicyclic) bond motifs is 3. The van der Waals surface area contributed by atoms with Crippen molar-refractivity contribution < 1.29 is 10.2 Å². The summed E-state index contributed by atoms with van der Waals surface area (Å²) in [6, 6.07) is 15.4. The number of aliphatic hydroxyl groups is 2. The SMILES string of the molecule is CC1(O)c2ccccc2-c2ccccc2C1O. The minimum Gasteiger partial charge on any atom is -0.385 e. The van der Waals surface area contributed by atoms with Crippen LogP contribution in [0, 0.1) is 0 Å². The van der Waals surface area contributed by atoms with Crippen molar-refractivity contribution in [2.24, 2.45) is 0 Å². The van der Waals surface area contributed by atoms with Gasteiger partial charge in [-0.15, -0.1) is 0 Å². The quantitative estimate of drug-likeness (QED) is 0.725. The van der Waals surface area contributed by atoms with Gasteiger partial charge in [-0.25, -0.2) is 0 Å². The molecular weight excluding hydrogens is 212 g/mol. The maximum Gasteiger partial charge on any atom is 0.117 e. The van der Waals surface area contributed by atoms with E-state index in [9.17, 15) is 10.2 Å². The van der Waals surface area contributed by atoms with Gasteiger partial charge in [-0.1, -0.05) is 48.5 Å². The fraction of sp³-hybridized carbons (Fsp3) is 0.200. The van der Waals surface area contributed by atoms with Gasteiger partial charge in [-0.2, -0.15) is 0 Å². The maximum absolute atomic E-state index is 10.5. The molecular formula is C15H14O2. The summed E-state index contributed by atoms with van der Waals surface area (Å²) in [6.45, 7) is 1.66. The summed E-state index contributed by atoms with van der Waals surface area (Å²) in [6.07, 6.45) is -0.881. The molecule has 2 atom stereocenters. The molecule has 0 bridgehead atoms. The van der Waals surface area contributed by atoms with Crippen LogP contribution in [0.4, 0.5) is 0 Å². The molecule has 2 aromatic rings. The fourth-order valence-corrected chi connectivity index (χ4v) is 2.59. The van der Waals surface area contributed by atoms with Crippen molar-refractivity contribution >= 4 is 0 Å². The summed E-state index contributed by atoms with van der Waals surface area (Å²) in [4.78, 5) is 0. The highest BCUT2D eigenvalue weighted by molar-refractivity contribution is 5.75. The van der Waals surface area contributed by atoms with Gasteiger partial charge in [-0.05, 0) is 29.2 Å². The smallest absolute Gasteiger partial charge is 0.117 e.